The first-order valence-electron chi connectivity index (χ1n) is 4.80. The average molecular weight is 174 g/mol. The lowest BCUT2D eigenvalue weighted by Crippen LogP contribution is -2.05. The fourth-order valence-electron chi connectivity index (χ4n) is 1.67. The Morgan fingerprint density at radius 2 is 2.46 bits per heavy atom. The summed E-state index contributed by atoms with van der Waals surface area (Å²) in [6.45, 7) is 3.02. The number of allylic oxidation sites excluding steroid dienone is 1. The summed E-state index contributed by atoms with van der Waals surface area (Å²) >= 11 is 0. The monoisotopic (exact) mass is 174 g/mol. The number of nitrogens with zero attached hydrogens (tertiary/aromatic N) is 1. The second-order valence-electron chi connectivity index (χ2n) is 3.20. The number of aryl methyl sites for hydroxylation is 1. The zero-order valence-electron chi connectivity index (χ0n) is 7.88. The maximum Gasteiger partial charge on any atom is 0.133 e. The van der Waals surface area contributed by atoms with Gasteiger partial charge in [0.2, 0.25) is 0 Å². The summed E-state index contributed by atoms with van der Waals surface area (Å²) < 4.78 is 0. The topological polar surface area (TPSA) is 24.9 Å². The van der Waals surface area contributed by atoms with Crippen molar-refractivity contribution in [2.24, 2.45) is 0 Å². The highest BCUT2D eigenvalue weighted by Gasteiger charge is 2.08. The summed E-state index contributed by atoms with van der Waals surface area (Å²) in [5, 5.41) is 3.27. The van der Waals surface area contributed by atoms with E-state index in [2.05, 4.69) is 35.4 Å². The molecule has 68 valence electrons. The maximum atomic E-state index is 4.32. The van der Waals surface area contributed by atoms with Crippen LogP contribution in [-0.4, -0.2) is 11.5 Å². The predicted molar refractivity (Wildman–Crippen MR) is 55.8 cm³/mol. The molecular formula is C11H14N2. The van der Waals surface area contributed by atoms with Crippen molar-refractivity contribution in [2.75, 3.05) is 11.9 Å². The van der Waals surface area contributed by atoms with E-state index in [9.17, 15) is 0 Å². The van der Waals surface area contributed by atoms with Gasteiger partial charge in [-0.3, -0.25) is 0 Å². The van der Waals surface area contributed by atoms with Gasteiger partial charge in [0.05, 0.1) is 0 Å². The molecule has 1 aromatic heterocycles. The molecule has 0 radical (unpaired) electrons. The molecule has 0 aliphatic heterocycles. The zero-order valence-corrected chi connectivity index (χ0v) is 7.88. The fraction of sp³-hybridized carbons (Fsp3) is 0.364. The number of rotatable bonds is 2. The molecule has 0 amide bonds. The lowest BCUT2D eigenvalue weighted by atomic mass is 9.99. The molecule has 0 aromatic carbocycles. The third-order valence-electron chi connectivity index (χ3n) is 2.29. The standard InChI is InChI=1S/C11H14N2/c1-2-12-11-10-6-4-3-5-9(10)7-8-13-11/h4,6-8H,2-3,5H2,1H3,(H,12,13). The van der Waals surface area contributed by atoms with Crippen LogP contribution >= 0.6 is 0 Å². The predicted octanol–water partition coefficient (Wildman–Crippen LogP) is 2.47. The number of pyridine rings is 1. The van der Waals surface area contributed by atoms with E-state index in [4.69, 9.17) is 0 Å². The van der Waals surface area contributed by atoms with Crippen molar-refractivity contribution in [2.45, 2.75) is 19.8 Å². The van der Waals surface area contributed by atoms with Crippen LogP contribution in [0.25, 0.3) is 6.08 Å². The Morgan fingerprint density at radius 1 is 1.54 bits per heavy atom. The molecule has 1 aliphatic carbocycles. The van der Waals surface area contributed by atoms with Crippen LogP contribution in [0.3, 0.4) is 0 Å². The van der Waals surface area contributed by atoms with Gasteiger partial charge in [-0.2, -0.15) is 0 Å². The SMILES string of the molecule is CCNc1nccc2c1C=CCC2. The molecule has 0 unspecified atom stereocenters. The van der Waals surface area contributed by atoms with Crippen molar-refractivity contribution in [3.8, 4) is 0 Å². The number of nitrogens with one attached hydrogen (secondary N) is 1. The smallest absolute Gasteiger partial charge is 0.133 e. The molecule has 0 atom stereocenters. The van der Waals surface area contributed by atoms with Crippen molar-refractivity contribution in [1.29, 1.82) is 0 Å². The van der Waals surface area contributed by atoms with Gasteiger partial charge >= 0.3 is 0 Å². The summed E-state index contributed by atoms with van der Waals surface area (Å²) in [6.07, 6.45) is 8.57. The summed E-state index contributed by atoms with van der Waals surface area (Å²) in [7, 11) is 0. The number of hydrogen-bond donors (Lipinski definition) is 1. The first kappa shape index (κ1) is 8.30. The third kappa shape index (κ3) is 1.57. The van der Waals surface area contributed by atoms with Gasteiger partial charge in [-0.1, -0.05) is 12.2 Å². The second kappa shape index (κ2) is 3.60. The minimum atomic E-state index is 0.928. The Morgan fingerprint density at radius 3 is 3.31 bits per heavy atom. The molecule has 0 saturated heterocycles. The molecule has 1 aromatic rings. The Labute approximate surface area is 78.7 Å². The summed E-state index contributed by atoms with van der Waals surface area (Å²) in [4.78, 5) is 4.32. The van der Waals surface area contributed by atoms with E-state index in [1.165, 1.54) is 11.1 Å². The van der Waals surface area contributed by atoms with E-state index in [0.29, 0.717) is 0 Å². The van der Waals surface area contributed by atoms with Crippen LogP contribution in [0.4, 0.5) is 5.82 Å². The van der Waals surface area contributed by atoms with Crippen molar-refractivity contribution < 1.29 is 0 Å². The summed E-state index contributed by atoms with van der Waals surface area (Å²) in [5.74, 6) is 1.02. The largest absolute Gasteiger partial charge is 0.370 e. The minimum absolute atomic E-state index is 0.928. The number of anilines is 1. The quantitative estimate of drug-likeness (QED) is 0.745. The Bertz CT molecular complexity index is 329. The van der Waals surface area contributed by atoms with Gasteiger partial charge in [-0.05, 0) is 31.4 Å². The first-order chi connectivity index (χ1) is 6.42. The molecule has 2 heteroatoms. The summed E-state index contributed by atoms with van der Waals surface area (Å²) in [6, 6.07) is 2.11. The van der Waals surface area contributed by atoms with Crippen molar-refractivity contribution >= 4 is 11.9 Å². The van der Waals surface area contributed by atoms with Crippen LogP contribution < -0.4 is 5.32 Å². The molecular weight excluding hydrogens is 160 g/mol. The molecule has 0 spiro atoms. The maximum absolute atomic E-state index is 4.32. The van der Waals surface area contributed by atoms with Gasteiger partial charge in [0.25, 0.3) is 0 Å². The van der Waals surface area contributed by atoms with Gasteiger partial charge in [0.1, 0.15) is 5.82 Å². The highest BCUT2D eigenvalue weighted by Crippen LogP contribution is 2.24. The highest BCUT2D eigenvalue weighted by molar-refractivity contribution is 5.67. The van der Waals surface area contributed by atoms with Crippen LogP contribution in [0.1, 0.15) is 24.5 Å². The summed E-state index contributed by atoms with van der Waals surface area (Å²) in [5.41, 5.74) is 2.68. The van der Waals surface area contributed by atoms with Crippen LogP contribution in [0.2, 0.25) is 0 Å². The Kier molecular flexibility index (Phi) is 2.30. The van der Waals surface area contributed by atoms with E-state index >= 15 is 0 Å². The average Bonchev–Trinajstić information content (AvgIpc) is 2.19. The van der Waals surface area contributed by atoms with E-state index in [0.717, 1.165) is 25.2 Å². The highest BCUT2D eigenvalue weighted by atomic mass is 15.0. The van der Waals surface area contributed by atoms with E-state index < -0.39 is 0 Å². The van der Waals surface area contributed by atoms with Crippen LogP contribution in [0.15, 0.2) is 18.3 Å². The molecule has 0 saturated carbocycles. The zero-order chi connectivity index (χ0) is 9.10. The molecule has 1 aliphatic rings. The lowest BCUT2D eigenvalue weighted by Gasteiger charge is -2.13. The Hall–Kier alpha value is -1.31. The second-order valence-corrected chi connectivity index (χ2v) is 3.20. The molecule has 0 bridgehead atoms. The van der Waals surface area contributed by atoms with E-state index in [-0.39, 0.29) is 0 Å². The minimum Gasteiger partial charge on any atom is -0.370 e. The normalized spacial score (nSPS) is 13.9. The van der Waals surface area contributed by atoms with E-state index in [1.807, 2.05) is 6.20 Å². The molecule has 2 rings (SSSR count). The molecule has 13 heavy (non-hydrogen) atoms. The van der Waals surface area contributed by atoms with Gasteiger partial charge in [0.15, 0.2) is 0 Å². The van der Waals surface area contributed by atoms with E-state index in [1.54, 1.807) is 0 Å². The van der Waals surface area contributed by atoms with Gasteiger partial charge < -0.3 is 5.32 Å². The van der Waals surface area contributed by atoms with Crippen LogP contribution in [-0.2, 0) is 6.42 Å². The van der Waals surface area contributed by atoms with Gasteiger partial charge in [-0.15, -0.1) is 0 Å². The Balaban J connectivity index is 2.42. The fourth-order valence-corrected chi connectivity index (χ4v) is 1.67. The number of hydrogen-bond acceptors (Lipinski definition) is 2. The van der Waals surface area contributed by atoms with Crippen molar-refractivity contribution in [3.05, 3.63) is 29.5 Å². The van der Waals surface area contributed by atoms with Crippen molar-refractivity contribution in [1.82, 2.24) is 4.98 Å². The molecule has 2 nitrogen and oxygen atoms in total. The first-order valence-corrected chi connectivity index (χ1v) is 4.80. The number of fused-ring (bicyclic) bond motifs is 1. The lowest BCUT2D eigenvalue weighted by molar-refractivity contribution is 0.974. The molecule has 1 heterocycles. The third-order valence-corrected chi connectivity index (χ3v) is 2.29. The van der Waals surface area contributed by atoms with Crippen LogP contribution in [0, 0.1) is 0 Å². The van der Waals surface area contributed by atoms with Crippen LogP contribution in [0.5, 0.6) is 0 Å². The van der Waals surface area contributed by atoms with Gasteiger partial charge in [0, 0.05) is 18.3 Å². The van der Waals surface area contributed by atoms with Gasteiger partial charge in [-0.25, -0.2) is 4.98 Å². The molecule has 1 N–H and O–H groups in total. The molecule has 0 fully saturated rings. The number of aromatic nitrogens is 1. The van der Waals surface area contributed by atoms with Crippen molar-refractivity contribution in [3.63, 3.8) is 0 Å².